The molecule has 2 unspecified atom stereocenters. The fraction of sp³-hybridized carbons (Fsp3) is 0.214. The zero-order valence-electron chi connectivity index (χ0n) is 9.58. The number of fused-ring (bicyclic) bond motifs is 1. The van der Waals surface area contributed by atoms with E-state index >= 15 is 0 Å². The van der Waals surface area contributed by atoms with Gasteiger partial charge in [-0.25, -0.2) is 4.90 Å². The number of imide groups is 1. The maximum absolute atomic E-state index is 12.2. The molecule has 0 bridgehead atoms. The van der Waals surface area contributed by atoms with Crippen LogP contribution in [0.25, 0.3) is 0 Å². The minimum Gasteiger partial charge on any atom is -0.295 e. The minimum absolute atomic E-state index is 0.0905. The van der Waals surface area contributed by atoms with Crippen LogP contribution in [-0.4, -0.2) is 17.6 Å². The average Bonchev–Trinajstić information content (AvgIpc) is 2.63. The first-order chi connectivity index (χ1) is 8.68. The van der Waals surface area contributed by atoms with Crippen molar-refractivity contribution >= 4 is 23.3 Å². The van der Waals surface area contributed by atoms with E-state index < -0.39 is 11.8 Å². The number of hydrogen-bond donors (Lipinski definition) is 0. The van der Waals surface area contributed by atoms with Crippen molar-refractivity contribution in [2.75, 3.05) is 4.90 Å². The highest BCUT2D eigenvalue weighted by molar-refractivity contribution is 6.24. The number of benzene rings is 1. The summed E-state index contributed by atoms with van der Waals surface area (Å²) in [6.45, 7) is 0. The molecule has 1 saturated heterocycles. The summed E-state index contributed by atoms with van der Waals surface area (Å²) in [4.78, 5) is 36.9. The van der Waals surface area contributed by atoms with Crippen molar-refractivity contribution in [1.82, 2.24) is 0 Å². The van der Waals surface area contributed by atoms with Gasteiger partial charge in [-0.2, -0.15) is 0 Å². The molecule has 0 saturated carbocycles. The van der Waals surface area contributed by atoms with E-state index in [0.29, 0.717) is 5.69 Å². The number of amides is 2. The lowest BCUT2D eigenvalue weighted by Gasteiger charge is -2.14. The number of carbonyl (C=O) groups excluding carboxylic acids is 3. The molecule has 2 amide bonds. The summed E-state index contributed by atoms with van der Waals surface area (Å²) in [5, 5.41) is 0. The number of carbonyl (C=O) groups is 3. The summed E-state index contributed by atoms with van der Waals surface area (Å²) in [6.07, 6.45) is 3.09. The fourth-order valence-electron chi connectivity index (χ4n) is 2.51. The predicted molar refractivity (Wildman–Crippen MR) is 64.7 cm³/mol. The Morgan fingerprint density at radius 2 is 1.72 bits per heavy atom. The van der Waals surface area contributed by atoms with Gasteiger partial charge in [0.05, 0.1) is 17.5 Å². The molecule has 0 spiro atoms. The van der Waals surface area contributed by atoms with Crippen molar-refractivity contribution in [3.8, 4) is 0 Å². The molecule has 0 aromatic heterocycles. The second kappa shape index (κ2) is 3.91. The molecule has 1 aromatic rings. The Labute approximate surface area is 104 Å². The van der Waals surface area contributed by atoms with Gasteiger partial charge >= 0.3 is 0 Å². The highest BCUT2D eigenvalue weighted by Crippen LogP contribution is 2.35. The number of rotatable bonds is 1. The second-order valence-electron chi connectivity index (χ2n) is 4.51. The van der Waals surface area contributed by atoms with Crippen LogP contribution in [-0.2, 0) is 14.4 Å². The third-order valence-corrected chi connectivity index (χ3v) is 3.40. The number of hydrogen-bond acceptors (Lipinski definition) is 3. The summed E-state index contributed by atoms with van der Waals surface area (Å²) in [6, 6.07) is 8.82. The second-order valence-corrected chi connectivity index (χ2v) is 4.51. The SMILES string of the molecule is O=C1C=CC2C(=O)N(c3ccccc3)C(=O)C2C1. The number of anilines is 1. The van der Waals surface area contributed by atoms with Gasteiger partial charge in [0.2, 0.25) is 11.8 Å². The summed E-state index contributed by atoms with van der Waals surface area (Å²) < 4.78 is 0. The lowest BCUT2D eigenvalue weighted by molar-refractivity contribution is -0.125. The summed E-state index contributed by atoms with van der Waals surface area (Å²) in [7, 11) is 0. The molecule has 1 aromatic carbocycles. The van der Waals surface area contributed by atoms with E-state index in [4.69, 9.17) is 0 Å². The van der Waals surface area contributed by atoms with E-state index in [9.17, 15) is 14.4 Å². The van der Waals surface area contributed by atoms with Gasteiger partial charge < -0.3 is 0 Å². The van der Waals surface area contributed by atoms with E-state index in [2.05, 4.69) is 0 Å². The fourth-order valence-corrected chi connectivity index (χ4v) is 2.51. The molecule has 1 aliphatic heterocycles. The third-order valence-electron chi connectivity index (χ3n) is 3.40. The Bertz CT molecular complexity index is 562. The van der Waals surface area contributed by atoms with E-state index in [1.165, 1.54) is 11.0 Å². The smallest absolute Gasteiger partial charge is 0.241 e. The van der Waals surface area contributed by atoms with Crippen LogP contribution in [0.5, 0.6) is 0 Å². The Morgan fingerprint density at radius 1 is 1.00 bits per heavy atom. The molecule has 1 fully saturated rings. The molecule has 4 heteroatoms. The van der Waals surface area contributed by atoms with Gasteiger partial charge in [-0.05, 0) is 18.2 Å². The van der Waals surface area contributed by atoms with Crippen molar-refractivity contribution in [1.29, 1.82) is 0 Å². The van der Waals surface area contributed by atoms with Crippen molar-refractivity contribution in [2.24, 2.45) is 11.8 Å². The molecule has 4 nitrogen and oxygen atoms in total. The van der Waals surface area contributed by atoms with Crippen LogP contribution in [0.2, 0.25) is 0 Å². The van der Waals surface area contributed by atoms with E-state index in [1.807, 2.05) is 6.07 Å². The molecule has 0 N–H and O–H groups in total. The maximum Gasteiger partial charge on any atom is 0.241 e. The van der Waals surface area contributed by atoms with Crippen LogP contribution < -0.4 is 4.90 Å². The van der Waals surface area contributed by atoms with Crippen LogP contribution in [0.15, 0.2) is 42.5 Å². The summed E-state index contributed by atoms with van der Waals surface area (Å²) >= 11 is 0. The van der Waals surface area contributed by atoms with Crippen LogP contribution >= 0.6 is 0 Å². The van der Waals surface area contributed by atoms with Gasteiger partial charge in [0, 0.05) is 6.42 Å². The summed E-state index contributed by atoms with van der Waals surface area (Å²) in [5.74, 6) is -1.59. The quantitative estimate of drug-likeness (QED) is 0.697. The Morgan fingerprint density at radius 3 is 2.44 bits per heavy atom. The van der Waals surface area contributed by atoms with Crippen LogP contribution in [0.1, 0.15) is 6.42 Å². The molecular formula is C14H11NO3. The third kappa shape index (κ3) is 1.49. The number of nitrogens with zero attached hydrogens (tertiary/aromatic N) is 1. The molecule has 18 heavy (non-hydrogen) atoms. The number of para-hydroxylation sites is 1. The van der Waals surface area contributed by atoms with Crippen molar-refractivity contribution in [2.45, 2.75) is 6.42 Å². The van der Waals surface area contributed by atoms with E-state index in [1.54, 1.807) is 30.3 Å². The average molecular weight is 241 g/mol. The zero-order valence-corrected chi connectivity index (χ0v) is 9.58. The van der Waals surface area contributed by atoms with Crippen LogP contribution in [0, 0.1) is 11.8 Å². The Kier molecular flexibility index (Phi) is 2.37. The Balaban J connectivity index is 2.00. The van der Waals surface area contributed by atoms with Crippen LogP contribution in [0.3, 0.4) is 0 Å². The molecule has 3 rings (SSSR count). The van der Waals surface area contributed by atoms with Gasteiger partial charge in [-0.3, -0.25) is 14.4 Å². The lowest BCUT2D eigenvalue weighted by atomic mass is 9.85. The first kappa shape index (κ1) is 10.9. The number of allylic oxidation sites excluding steroid dienone is 1. The highest BCUT2D eigenvalue weighted by Gasteiger charge is 2.48. The molecule has 90 valence electrons. The minimum atomic E-state index is -0.518. The van der Waals surface area contributed by atoms with Gasteiger partial charge in [0.1, 0.15) is 0 Å². The Hall–Kier alpha value is -2.23. The number of ketones is 1. The van der Waals surface area contributed by atoms with E-state index in [0.717, 1.165) is 0 Å². The van der Waals surface area contributed by atoms with Crippen molar-refractivity contribution in [3.05, 3.63) is 42.5 Å². The van der Waals surface area contributed by atoms with E-state index in [-0.39, 0.29) is 24.0 Å². The molecule has 0 radical (unpaired) electrons. The van der Waals surface area contributed by atoms with Crippen LogP contribution in [0.4, 0.5) is 5.69 Å². The van der Waals surface area contributed by atoms with Gasteiger partial charge in [-0.1, -0.05) is 24.3 Å². The molecule has 1 aliphatic carbocycles. The molecule has 1 heterocycles. The standard InChI is InChI=1S/C14H11NO3/c16-10-6-7-11-12(8-10)14(18)15(13(11)17)9-4-2-1-3-5-9/h1-7,11-12H,8H2. The summed E-state index contributed by atoms with van der Waals surface area (Å²) in [5.41, 5.74) is 0.572. The van der Waals surface area contributed by atoms with Gasteiger partial charge in [0.15, 0.2) is 5.78 Å². The molecule has 2 aliphatic rings. The van der Waals surface area contributed by atoms with Gasteiger partial charge in [-0.15, -0.1) is 0 Å². The molecule has 2 atom stereocenters. The predicted octanol–water partition coefficient (Wildman–Crippen LogP) is 1.32. The van der Waals surface area contributed by atoms with Crippen molar-refractivity contribution < 1.29 is 14.4 Å². The normalized spacial score (nSPS) is 26.7. The lowest BCUT2D eigenvalue weighted by Crippen LogP contribution is -2.30. The van der Waals surface area contributed by atoms with Gasteiger partial charge in [0.25, 0.3) is 0 Å². The maximum atomic E-state index is 12.2. The monoisotopic (exact) mass is 241 g/mol. The largest absolute Gasteiger partial charge is 0.295 e. The molecular weight excluding hydrogens is 230 g/mol. The first-order valence-electron chi connectivity index (χ1n) is 5.82. The topological polar surface area (TPSA) is 54.5 Å². The first-order valence-corrected chi connectivity index (χ1v) is 5.82. The van der Waals surface area contributed by atoms with Crippen molar-refractivity contribution in [3.63, 3.8) is 0 Å². The zero-order chi connectivity index (χ0) is 12.7. The highest BCUT2D eigenvalue weighted by atomic mass is 16.2.